The van der Waals surface area contributed by atoms with Crippen LogP contribution in [0.3, 0.4) is 0 Å². The zero-order chi connectivity index (χ0) is 15.1. The van der Waals surface area contributed by atoms with Gasteiger partial charge in [-0.25, -0.2) is 9.59 Å². The molecule has 0 fully saturated rings. The van der Waals surface area contributed by atoms with Gasteiger partial charge in [0.1, 0.15) is 0 Å². The molecule has 1 rings (SSSR count). The van der Waals surface area contributed by atoms with Crippen LogP contribution in [0.1, 0.15) is 20.7 Å². The second-order valence-corrected chi connectivity index (χ2v) is 4.24. The molecule has 110 valence electrons. The van der Waals surface area contributed by atoms with Crippen molar-refractivity contribution >= 4 is 29.2 Å². The lowest BCUT2D eigenvalue weighted by atomic mass is 10.1. The Bertz CT molecular complexity index is 492. The van der Waals surface area contributed by atoms with Crippen LogP contribution in [-0.4, -0.2) is 49.8 Å². The van der Waals surface area contributed by atoms with E-state index >= 15 is 0 Å². The van der Waals surface area contributed by atoms with Gasteiger partial charge in [0.25, 0.3) is 0 Å². The fourth-order valence-electron chi connectivity index (χ4n) is 1.51. The second-order valence-electron chi connectivity index (χ2n) is 3.93. The van der Waals surface area contributed by atoms with E-state index in [1.165, 1.54) is 32.4 Å². The van der Waals surface area contributed by atoms with Crippen molar-refractivity contribution < 1.29 is 24.2 Å². The van der Waals surface area contributed by atoms with Gasteiger partial charge in [0.15, 0.2) is 0 Å². The van der Waals surface area contributed by atoms with Crippen molar-refractivity contribution in [3.8, 4) is 0 Å². The standard InChI is InChI=1S/C13H16ClNO5/c1-19-12(17)8-3-4-10(13(18)20-2)11(5-8)15-7-9(16)6-14/h3-5,9,15-16H,6-7H2,1-2H3. The van der Waals surface area contributed by atoms with Crippen molar-refractivity contribution in [3.05, 3.63) is 29.3 Å². The van der Waals surface area contributed by atoms with E-state index in [0.717, 1.165) is 0 Å². The molecule has 1 atom stereocenters. The largest absolute Gasteiger partial charge is 0.465 e. The number of methoxy groups -OCH3 is 2. The normalized spacial score (nSPS) is 11.6. The molecule has 0 aliphatic heterocycles. The smallest absolute Gasteiger partial charge is 0.339 e. The highest BCUT2D eigenvalue weighted by Crippen LogP contribution is 2.19. The lowest BCUT2D eigenvalue weighted by molar-refractivity contribution is 0.0587. The first-order valence-electron chi connectivity index (χ1n) is 5.82. The maximum absolute atomic E-state index is 11.6. The molecule has 0 saturated heterocycles. The van der Waals surface area contributed by atoms with Gasteiger partial charge in [-0.2, -0.15) is 0 Å². The molecule has 6 nitrogen and oxygen atoms in total. The Balaban J connectivity index is 3.06. The fourth-order valence-corrected chi connectivity index (χ4v) is 1.61. The highest BCUT2D eigenvalue weighted by Gasteiger charge is 2.16. The highest BCUT2D eigenvalue weighted by molar-refractivity contribution is 6.18. The van der Waals surface area contributed by atoms with Gasteiger partial charge in [0, 0.05) is 12.2 Å². The lowest BCUT2D eigenvalue weighted by Gasteiger charge is -2.14. The molecular weight excluding hydrogens is 286 g/mol. The SMILES string of the molecule is COC(=O)c1ccc(C(=O)OC)c(NCC(O)CCl)c1. The first kappa shape index (κ1) is 16.3. The number of ether oxygens (including phenoxy) is 2. The minimum Gasteiger partial charge on any atom is -0.465 e. The Morgan fingerprint density at radius 2 is 1.95 bits per heavy atom. The van der Waals surface area contributed by atoms with Crippen molar-refractivity contribution in [3.63, 3.8) is 0 Å². The van der Waals surface area contributed by atoms with Crippen LogP contribution in [0.2, 0.25) is 0 Å². The minimum atomic E-state index is -0.774. The number of alkyl halides is 1. The van der Waals surface area contributed by atoms with Crippen molar-refractivity contribution in [1.82, 2.24) is 0 Å². The van der Waals surface area contributed by atoms with E-state index in [2.05, 4.69) is 14.8 Å². The van der Waals surface area contributed by atoms with Crippen LogP contribution in [0, 0.1) is 0 Å². The third-order valence-electron chi connectivity index (χ3n) is 2.55. The average molecular weight is 302 g/mol. The summed E-state index contributed by atoms with van der Waals surface area (Å²) in [5.41, 5.74) is 0.897. The Labute approximate surface area is 121 Å². The van der Waals surface area contributed by atoms with Crippen LogP contribution in [0.15, 0.2) is 18.2 Å². The van der Waals surface area contributed by atoms with E-state index < -0.39 is 18.0 Å². The van der Waals surface area contributed by atoms with Crippen molar-refractivity contribution in [2.45, 2.75) is 6.10 Å². The predicted molar refractivity (Wildman–Crippen MR) is 74.3 cm³/mol. The number of aliphatic hydroxyl groups is 1. The molecule has 7 heteroatoms. The van der Waals surface area contributed by atoms with E-state index in [1.807, 2.05) is 0 Å². The first-order chi connectivity index (χ1) is 9.53. The van der Waals surface area contributed by atoms with Crippen LogP contribution in [-0.2, 0) is 9.47 Å². The molecule has 0 bridgehead atoms. The van der Waals surface area contributed by atoms with Gasteiger partial charge in [-0.3, -0.25) is 0 Å². The lowest BCUT2D eigenvalue weighted by Crippen LogP contribution is -2.22. The number of carbonyl (C=O) groups is 2. The third kappa shape index (κ3) is 4.11. The van der Waals surface area contributed by atoms with E-state index in [0.29, 0.717) is 5.69 Å². The Morgan fingerprint density at radius 1 is 1.30 bits per heavy atom. The van der Waals surface area contributed by atoms with Gasteiger partial charge in [-0.15, -0.1) is 11.6 Å². The molecule has 0 aliphatic carbocycles. The number of aliphatic hydroxyl groups excluding tert-OH is 1. The Kier molecular flexibility index (Phi) is 6.27. The summed E-state index contributed by atoms with van der Waals surface area (Å²) in [6.45, 7) is 0.137. The molecule has 1 unspecified atom stereocenters. The predicted octanol–water partition coefficient (Wildman–Crippen LogP) is 1.27. The molecule has 20 heavy (non-hydrogen) atoms. The van der Waals surface area contributed by atoms with Crippen LogP contribution >= 0.6 is 11.6 Å². The number of carbonyl (C=O) groups excluding carboxylic acids is 2. The minimum absolute atomic E-state index is 0.0528. The van der Waals surface area contributed by atoms with Crippen LogP contribution in [0.4, 0.5) is 5.69 Å². The summed E-state index contributed by atoms with van der Waals surface area (Å²) in [7, 11) is 2.52. The van der Waals surface area contributed by atoms with Gasteiger partial charge in [-0.05, 0) is 18.2 Å². The summed E-state index contributed by atoms with van der Waals surface area (Å²) in [6.07, 6.45) is -0.774. The van der Waals surface area contributed by atoms with Gasteiger partial charge < -0.3 is 19.9 Å². The Morgan fingerprint density at radius 3 is 2.50 bits per heavy atom. The average Bonchev–Trinajstić information content (AvgIpc) is 2.50. The molecule has 1 aromatic carbocycles. The summed E-state index contributed by atoms with van der Waals surface area (Å²) < 4.78 is 9.26. The molecule has 0 heterocycles. The molecule has 0 spiro atoms. The molecular formula is C13H16ClNO5. The number of hydrogen-bond donors (Lipinski definition) is 2. The topological polar surface area (TPSA) is 84.9 Å². The van der Waals surface area contributed by atoms with Crippen molar-refractivity contribution in [2.75, 3.05) is 32.0 Å². The van der Waals surface area contributed by atoms with Gasteiger partial charge >= 0.3 is 11.9 Å². The summed E-state index contributed by atoms with van der Waals surface area (Å²) in [4.78, 5) is 23.1. The summed E-state index contributed by atoms with van der Waals surface area (Å²) >= 11 is 5.50. The number of nitrogens with one attached hydrogen (secondary N) is 1. The highest BCUT2D eigenvalue weighted by atomic mass is 35.5. The molecule has 0 aliphatic rings. The molecule has 0 amide bonds. The third-order valence-corrected chi connectivity index (χ3v) is 2.91. The van der Waals surface area contributed by atoms with Crippen molar-refractivity contribution in [1.29, 1.82) is 0 Å². The molecule has 0 radical (unpaired) electrons. The van der Waals surface area contributed by atoms with Gasteiger partial charge in [-0.1, -0.05) is 0 Å². The summed E-state index contributed by atoms with van der Waals surface area (Å²) in [5.74, 6) is -1.02. The molecule has 0 saturated carbocycles. The molecule has 1 aromatic rings. The molecule has 2 N–H and O–H groups in total. The zero-order valence-electron chi connectivity index (χ0n) is 11.2. The van der Waals surface area contributed by atoms with Gasteiger partial charge in [0.05, 0.1) is 37.3 Å². The number of anilines is 1. The van der Waals surface area contributed by atoms with E-state index in [1.54, 1.807) is 0 Å². The number of esters is 2. The maximum atomic E-state index is 11.6. The van der Waals surface area contributed by atoms with E-state index in [9.17, 15) is 14.7 Å². The monoisotopic (exact) mass is 301 g/mol. The van der Waals surface area contributed by atoms with Crippen LogP contribution in [0.5, 0.6) is 0 Å². The van der Waals surface area contributed by atoms with E-state index in [4.69, 9.17) is 11.6 Å². The van der Waals surface area contributed by atoms with Crippen molar-refractivity contribution in [2.24, 2.45) is 0 Å². The summed E-state index contributed by atoms with van der Waals surface area (Å²) in [5, 5.41) is 12.3. The zero-order valence-corrected chi connectivity index (χ0v) is 11.9. The second kappa shape index (κ2) is 7.72. The number of hydrogen-bond acceptors (Lipinski definition) is 6. The summed E-state index contributed by atoms with van der Waals surface area (Å²) in [6, 6.07) is 4.37. The quantitative estimate of drug-likeness (QED) is 0.608. The number of rotatable bonds is 6. The number of halogens is 1. The van der Waals surface area contributed by atoms with Gasteiger partial charge in [0.2, 0.25) is 0 Å². The number of benzene rings is 1. The Hall–Kier alpha value is -1.79. The first-order valence-corrected chi connectivity index (χ1v) is 6.35. The molecule has 0 aromatic heterocycles. The van der Waals surface area contributed by atoms with Crippen LogP contribution in [0.25, 0.3) is 0 Å². The maximum Gasteiger partial charge on any atom is 0.339 e. The van der Waals surface area contributed by atoms with E-state index in [-0.39, 0.29) is 23.6 Å². The van der Waals surface area contributed by atoms with Crippen LogP contribution < -0.4 is 5.32 Å². The fraction of sp³-hybridized carbons (Fsp3) is 0.385.